The smallest absolute Gasteiger partial charge is 0.387 e. The van der Waals surface area contributed by atoms with E-state index in [0.29, 0.717) is 5.56 Å². The molecule has 0 atom stereocenters. The maximum Gasteiger partial charge on any atom is 0.387 e. The third-order valence-electron chi connectivity index (χ3n) is 2.37. The molecule has 0 amide bonds. The fourth-order valence-corrected chi connectivity index (χ4v) is 1.69. The monoisotopic (exact) mass is 224 g/mol. The van der Waals surface area contributed by atoms with Crippen LogP contribution >= 0.6 is 0 Å². The van der Waals surface area contributed by atoms with Gasteiger partial charge in [-0.1, -0.05) is 30.3 Å². The second kappa shape index (κ2) is 4.45. The Balaban J connectivity index is 2.58. The highest BCUT2D eigenvalue weighted by Gasteiger charge is 2.11. The fourth-order valence-electron chi connectivity index (χ4n) is 1.69. The molecule has 2 nitrogen and oxygen atoms in total. The number of alkyl halides is 2. The molecule has 2 aromatic carbocycles. The summed E-state index contributed by atoms with van der Waals surface area (Å²) in [4.78, 5) is 0. The lowest BCUT2D eigenvalue weighted by Crippen LogP contribution is -2.04. The van der Waals surface area contributed by atoms with Crippen LogP contribution in [0.5, 0.6) is 5.75 Å². The summed E-state index contributed by atoms with van der Waals surface area (Å²) in [7, 11) is 0. The normalized spacial score (nSPS) is 11.0. The lowest BCUT2D eigenvalue weighted by Gasteiger charge is -2.11. The van der Waals surface area contributed by atoms with Gasteiger partial charge in [0, 0.05) is 5.56 Å². The summed E-state index contributed by atoms with van der Waals surface area (Å²) >= 11 is 0. The highest BCUT2D eigenvalue weighted by atomic mass is 19.3. The van der Waals surface area contributed by atoms with Crippen molar-refractivity contribution in [2.75, 3.05) is 0 Å². The number of fused-ring (bicyclic) bond motifs is 1. The number of ether oxygens (including phenoxy) is 1. The Labute approximate surface area is 91.1 Å². The molecule has 0 saturated carbocycles. The van der Waals surface area contributed by atoms with E-state index in [1.165, 1.54) is 6.07 Å². The summed E-state index contributed by atoms with van der Waals surface area (Å²) in [5.74, 6) is 0.0243. The average Bonchev–Trinajstić information content (AvgIpc) is 2.28. The SMILES string of the molecule is OCc1c(OC(F)F)ccc2ccccc12. The number of hydrogen-bond acceptors (Lipinski definition) is 2. The van der Waals surface area contributed by atoms with Gasteiger partial charge in [-0.3, -0.25) is 0 Å². The maximum absolute atomic E-state index is 12.1. The van der Waals surface area contributed by atoms with Crippen LogP contribution in [0.25, 0.3) is 10.8 Å². The molecule has 0 unspecified atom stereocenters. The van der Waals surface area contributed by atoms with E-state index in [0.717, 1.165) is 10.8 Å². The fraction of sp³-hybridized carbons (Fsp3) is 0.167. The molecule has 0 bridgehead atoms. The van der Waals surface area contributed by atoms with Crippen molar-refractivity contribution in [3.05, 3.63) is 42.0 Å². The van der Waals surface area contributed by atoms with Gasteiger partial charge >= 0.3 is 6.61 Å². The Hall–Kier alpha value is -1.68. The number of hydrogen-bond donors (Lipinski definition) is 1. The van der Waals surface area contributed by atoms with Crippen molar-refractivity contribution in [3.63, 3.8) is 0 Å². The molecule has 2 aromatic rings. The quantitative estimate of drug-likeness (QED) is 0.868. The molecule has 0 heterocycles. The molecule has 16 heavy (non-hydrogen) atoms. The van der Waals surface area contributed by atoms with Gasteiger partial charge in [0.25, 0.3) is 0 Å². The molecule has 2 rings (SSSR count). The lowest BCUT2D eigenvalue weighted by atomic mass is 10.0. The van der Waals surface area contributed by atoms with Crippen LogP contribution < -0.4 is 4.74 Å². The van der Waals surface area contributed by atoms with Crippen LogP contribution in [0.15, 0.2) is 36.4 Å². The van der Waals surface area contributed by atoms with Crippen LogP contribution in [-0.2, 0) is 6.61 Å². The minimum atomic E-state index is -2.88. The molecule has 0 radical (unpaired) electrons. The van der Waals surface area contributed by atoms with Crippen molar-refractivity contribution in [2.24, 2.45) is 0 Å². The molecule has 84 valence electrons. The Morgan fingerprint density at radius 3 is 2.56 bits per heavy atom. The largest absolute Gasteiger partial charge is 0.434 e. The number of benzene rings is 2. The van der Waals surface area contributed by atoms with Gasteiger partial charge in [-0.05, 0) is 16.8 Å². The summed E-state index contributed by atoms with van der Waals surface area (Å²) in [5, 5.41) is 10.8. The molecular weight excluding hydrogens is 214 g/mol. The van der Waals surface area contributed by atoms with Gasteiger partial charge in [0.1, 0.15) is 5.75 Å². The van der Waals surface area contributed by atoms with Crippen molar-refractivity contribution in [1.29, 1.82) is 0 Å². The Morgan fingerprint density at radius 2 is 1.88 bits per heavy atom. The number of aliphatic hydroxyl groups is 1. The predicted molar refractivity (Wildman–Crippen MR) is 56.5 cm³/mol. The number of aliphatic hydroxyl groups excluding tert-OH is 1. The van der Waals surface area contributed by atoms with Gasteiger partial charge in [0.2, 0.25) is 0 Å². The van der Waals surface area contributed by atoms with Gasteiger partial charge in [-0.15, -0.1) is 0 Å². The lowest BCUT2D eigenvalue weighted by molar-refractivity contribution is -0.0508. The molecule has 0 aliphatic rings. The van der Waals surface area contributed by atoms with E-state index in [1.807, 2.05) is 12.1 Å². The van der Waals surface area contributed by atoms with Crippen LogP contribution in [0.1, 0.15) is 5.56 Å². The molecule has 4 heteroatoms. The predicted octanol–water partition coefficient (Wildman–Crippen LogP) is 2.93. The van der Waals surface area contributed by atoms with E-state index in [1.54, 1.807) is 18.2 Å². The Bertz CT molecular complexity index is 497. The van der Waals surface area contributed by atoms with E-state index < -0.39 is 6.61 Å². The van der Waals surface area contributed by atoms with E-state index >= 15 is 0 Å². The van der Waals surface area contributed by atoms with E-state index in [2.05, 4.69) is 4.74 Å². The van der Waals surface area contributed by atoms with Crippen molar-refractivity contribution in [1.82, 2.24) is 0 Å². The second-order valence-corrected chi connectivity index (χ2v) is 3.30. The van der Waals surface area contributed by atoms with Gasteiger partial charge in [0.05, 0.1) is 6.61 Å². The average molecular weight is 224 g/mol. The van der Waals surface area contributed by atoms with Crippen molar-refractivity contribution in [2.45, 2.75) is 13.2 Å². The third kappa shape index (κ3) is 1.97. The van der Waals surface area contributed by atoms with Crippen LogP contribution in [0.4, 0.5) is 8.78 Å². The molecule has 0 fully saturated rings. The van der Waals surface area contributed by atoms with Gasteiger partial charge in [0.15, 0.2) is 0 Å². The summed E-state index contributed by atoms with van der Waals surface area (Å²) < 4.78 is 28.6. The number of halogens is 2. The molecule has 1 N–H and O–H groups in total. The van der Waals surface area contributed by atoms with Crippen molar-refractivity contribution in [3.8, 4) is 5.75 Å². The Kier molecular flexibility index (Phi) is 3.01. The standard InChI is InChI=1S/C12H10F2O2/c13-12(14)16-11-6-5-8-3-1-2-4-9(8)10(11)7-15/h1-6,12,15H,7H2. The zero-order chi connectivity index (χ0) is 11.5. The van der Waals surface area contributed by atoms with E-state index in [-0.39, 0.29) is 12.4 Å². The highest BCUT2D eigenvalue weighted by molar-refractivity contribution is 5.87. The first-order valence-electron chi connectivity index (χ1n) is 4.78. The first-order chi connectivity index (χ1) is 7.72. The molecule has 0 saturated heterocycles. The van der Waals surface area contributed by atoms with Crippen LogP contribution in [0.2, 0.25) is 0 Å². The summed E-state index contributed by atoms with van der Waals surface area (Å²) in [6.45, 7) is -3.21. The summed E-state index contributed by atoms with van der Waals surface area (Å²) in [5.41, 5.74) is 0.387. The molecule has 0 aromatic heterocycles. The third-order valence-corrected chi connectivity index (χ3v) is 2.37. The van der Waals surface area contributed by atoms with Crippen LogP contribution in [0, 0.1) is 0 Å². The maximum atomic E-state index is 12.1. The zero-order valence-electron chi connectivity index (χ0n) is 8.36. The Morgan fingerprint density at radius 1 is 1.12 bits per heavy atom. The van der Waals surface area contributed by atoms with Crippen molar-refractivity contribution < 1.29 is 18.6 Å². The van der Waals surface area contributed by atoms with Crippen molar-refractivity contribution >= 4 is 10.8 Å². The molecule has 0 aliphatic carbocycles. The molecule has 0 aliphatic heterocycles. The summed E-state index contributed by atoms with van der Waals surface area (Å²) in [6.07, 6.45) is 0. The topological polar surface area (TPSA) is 29.5 Å². The van der Waals surface area contributed by atoms with E-state index in [9.17, 15) is 13.9 Å². The van der Waals surface area contributed by atoms with Crippen LogP contribution in [0.3, 0.4) is 0 Å². The van der Waals surface area contributed by atoms with E-state index in [4.69, 9.17) is 0 Å². The molecule has 0 spiro atoms. The van der Waals surface area contributed by atoms with Gasteiger partial charge in [-0.2, -0.15) is 8.78 Å². The minimum Gasteiger partial charge on any atom is -0.434 e. The highest BCUT2D eigenvalue weighted by Crippen LogP contribution is 2.29. The second-order valence-electron chi connectivity index (χ2n) is 3.30. The molecular formula is C12H10F2O2. The minimum absolute atomic E-state index is 0.0243. The van der Waals surface area contributed by atoms with Crippen LogP contribution in [-0.4, -0.2) is 11.7 Å². The first-order valence-corrected chi connectivity index (χ1v) is 4.78. The van der Waals surface area contributed by atoms with Gasteiger partial charge < -0.3 is 9.84 Å². The number of rotatable bonds is 3. The summed E-state index contributed by atoms with van der Waals surface area (Å²) in [6, 6.07) is 10.4. The first kappa shape index (κ1) is 10.8. The van der Waals surface area contributed by atoms with Gasteiger partial charge in [-0.25, -0.2) is 0 Å². The zero-order valence-corrected chi connectivity index (χ0v) is 8.36.